The van der Waals surface area contributed by atoms with Crippen LogP contribution >= 0.6 is 0 Å². The van der Waals surface area contributed by atoms with Crippen molar-refractivity contribution in [2.75, 3.05) is 0 Å². The maximum atomic E-state index is 4.55. The van der Waals surface area contributed by atoms with Crippen LogP contribution in [0.25, 0.3) is 0 Å². The standard InChI is InChI=1S/C30H50/c1-23(2)13-9-14-24(3)15-10-16-25(4)17-11-18-27-26(5)19-20-28-29(6,7)21-12-22-30(27,28)8/h13,15,17,27-28H,5,9-12,14,16,18-22H2,1-4,6-8H3/b24-15+,25-17+/t27-,28-,30+/m1/s1. The molecule has 2 rings (SSSR count). The van der Waals surface area contributed by atoms with Crippen LogP contribution in [0, 0.1) is 22.7 Å². The molecule has 0 aromatic carbocycles. The molecule has 2 fully saturated rings. The first-order valence-corrected chi connectivity index (χ1v) is 12.7. The van der Waals surface area contributed by atoms with Crippen molar-refractivity contribution in [2.45, 2.75) is 119 Å². The molecule has 0 unspecified atom stereocenters. The van der Waals surface area contributed by atoms with Crippen molar-refractivity contribution in [3.63, 3.8) is 0 Å². The highest BCUT2D eigenvalue weighted by molar-refractivity contribution is 5.16. The van der Waals surface area contributed by atoms with Gasteiger partial charge in [-0.3, -0.25) is 0 Å². The molecule has 0 bridgehead atoms. The molecule has 30 heavy (non-hydrogen) atoms. The van der Waals surface area contributed by atoms with E-state index < -0.39 is 0 Å². The van der Waals surface area contributed by atoms with E-state index in [0.29, 0.717) is 10.8 Å². The highest BCUT2D eigenvalue weighted by Crippen LogP contribution is 2.61. The number of hydrogen-bond acceptors (Lipinski definition) is 0. The van der Waals surface area contributed by atoms with Gasteiger partial charge in [-0.05, 0) is 115 Å². The molecule has 0 heteroatoms. The summed E-state index contributed by atoms with van der Waals surface area (Å²) in [5, 5.41) is 0. The maximum absolute atomic E-state index is 4.55. The van der Waals surface area contributed by atoms with Gasteiger partial charge in [-0.15, -0.1) is 0 Å². The molecule has 0 aromatic heterocycles. The molecule has 0 amide bonds. The van der Waals surface area contributed by atoms with Crippen molar-refractivity contribution in [1.29, 1.82) is 0 Å². The quantitative estimate of drug-likeness (QED) is 0.332. The lowest BCUT2D eigenvalue weighted by Gasteiger charge is -2.58. The van der Waals surface area contributed by atoms with Gasteiger partial charge in [0.25, 0.3) is 0 Å². The van der Waals surface area contributed by atoms with E-state index >= 15 is 0 Å². The smallest absolute Gasteiger partial charge is 0.0146 e. The Morgan fingerprint density at radius 2 is 1.50 bits per heavy atom. The minimum Gasteiger partial charge on any atom is -0.0996 e. The lowest BCUT2D eigenvalue weighted by Crippen LogP contribution is -2.49. The van der Waals surface area contributed by atoms with E-state index in [9.17, 15) is 0 Å². The van der Waals surface area contributed by atoms with Crippen molar-refractivity contribution in [1.82, 2.24) is 0 Å². The molecule has 0 nitrogen and oxygen atoms in total. The minimum atomic E-state index is 0.476. The fourth-order valence-corrected chi connectivity index (χ4v) is 6.64. The second kappa shape index (κ2) is 11.0. The summed E-state index contributed by atoms with van der Waals surface area (Å²) in [6.45, 7) is 21.2. The molecule has 0 spiro atoms. The molecular weight excluding hydrogens is 360 g/mol. The van der Waals surface area contributed by atoms with E-state index in [1.54, 1.807) is 11.1 Å². The SMILES string of the molecule is C=C1CC[C@@H]2C(C)(C)CCC[C@@]2(C)[C@@H]1CC/C=C(\C)CC/C=C(\C)CCC=C(C)C. The van der Waals surface area contributed by atoms with Crippen LogP contribution < -0.4 is 0 Å². The largest absolute Gasteiger partial charge is 0.0996 e. The van der Waals surface area contributed by atoms with E-state index in [-0.39, 0.29) is 0 Å². The van der Waals surface area contributed by atoms with Gasteiger partial charge in [-0.1, -0.05) is 74.3 Å². The van der Waals surface area contributed by atoms with Crippen LogP contribution in [0.2, 0.25) is 0 Å². The zero-order chi connectivity index (χ0) is 22.4. The normalized spacial score (nSPS) is 29.5. The van der Waals surface area contributed by atoms with E-state index in [1.807, 2.05) is 0 Å². The average Bonchev–Trinajstić information content (AvgIpc) is 2.63. The molecule has 0 radical (unpaired) electrons. The van der Waals surface area contributed by atoms with Gasteiger partial charge >= 0.3 is 0 Å². The van der Waals surface area contributed by atoms with Crippen LogP contribution in [0.3, 0.4) is 0 Å². The summed E-state index contributed by atoms with van der Waals surface area (Å²) in [5.41, 5.74) is 7.07. The summed E-state index contributed by atoms with van der Waals surface area (Å²) in [7, 11) is 0. The Bertz CT molecular complexity index is 664. The first-order chi connectivity index (χ1) is 14.1. The third kappa shape index (κ3) is 6.73. The van der Waals surface area contributed by atoms with Crippen LogP contribution in [0.4, 0.5) is 0 Å². The Kier molecular flexibility index (Phi) is 9.26. The molecule has 0 heterocycles. The summed E-state index contributed by atoms with van der Waals surface area (Å²) in [5.74, 6) is 1.59. The van der Waals surface area contributed by atoms with Gasteiger partial charge in [0.15, 0.2) is 0 Å². The van der Waals surface area contributed by atoms with Crippen molar-refractivity contribution in [3.05, 3.63) is 47.1 Å². The third-order valence-corrected chi connectivity index (χ3v) is 8.39. The Hall–Kier alpha value is -1.04. The fraction of sp³-hybridized carbons (Fsp3) is 0.733. The highest BCUT2D eigenvalue weighted by atomic mass is 14.6. The molecule has 2 saturated carbocycles. The van der Waals surface area contributed by atoms with Crippen LogP contribution in [-0.4, -0.2) is 0 Å². The Morgan fingerprint density at radius 1 is 0.900 bits per heavy atom. The Balaban J connectivity index is 1.85. The zero-order valence-corrected chi connectivity index (χ0v) is 21.4. The van der Waals surface area contributed by atoms with Gasteiger partial charge < -0.3 is 0 Å². The molecular formula is C30H50. The van der Waals surface area contributed by atoms with E-state index in [2.05, 4.69) is 73.3 Å². The van der Waals surface area contributed by atoms with E-state index in [4.69, 9.17) is 0 Å². The number of fused-ring (bicyclic) bond motifs is 1. The Morgan fingerprint density at radius 3 is 2.13 bits per heavy atom. The van der Waals surface area contributed by atoms with Gasteiger partial charge in [-0.25, -0.2) is 0 Å². The molecule has 3 atom stereocenters. The van der Waals surface area contributed by atoms with Gasteiger partial charge in [0.2, 0.25) is 0 Å². The van der Waals surface area contributed by atoms with Gasteiger partial charge in [-0.2, -0.15) is 0 Å². The lowest BCUT2D eigenvalue weighted by atomic mass is 9.47. The summed E-state index contributed by atoms with van der Waals surface area (Å²) >= 11 is 0. The molecule has 0 N–H and O–H groups in total. The van der Waals surface area contributed by atoms with Crippen LogP contribution in [0.5, 0.6) is 0 Å². The van der Waals surface area contributed by atoms with Gasteiger partial charge in [0.05, 0.1) is 0 Å². The van der Waals surface area contributed by atoms with Crippen molar-refractivity contribution in [2.24, 2.45) is 22.7 Å². The summed E-state index contributed by atoms with van der Waals surface area (Å²) in [6, 6.07) is 0. The Labute approximate surface area is 189 Å². The first-order valence-electron chi connectivity index (χ1n) is 12.7. The third-order valence-electron chi connectivity index (χ3n) is 8.39. The summed E-state index contributed by atoms with van der Waals surface area (Å²) in [4.78, 5) is 0. The van der Waals surface area contributed by atoms with Gasteiger partial charge in [0, 0.05) is 0 Å². The molecule has 170 valence electrons. The first kappa shape index (κ1) is 25.2. The van der Waals surface area contributed by atoms with Gasteiger partial charge in [0.1, 0.15) is 0 Å². The molecule has 0 saturated heterocycles. The van der Waals surface area contributed by atoms with Crippen LogP contribution in [0.1, 0.15) is 119 Å². The highest BCUT2D eigenvalue weighted by Gasteiger charge is 2.52. The van der Waals surface area contributed by atoms with Crippen LogP contribution in [0.15, 0.2) is 47.1 Å². The molecule has 0 aliphatic heterocycles. The predicted molar refractivity (Wildman–Crippen MR) is 136 cm³/mol. The average molecular weight is 411 g/mol. The van der Waals surface area contributed by atoms with E-state index in [0.717, 1.165) is 11.8 Å². The van der Waals surface area contributed by atoms with Crippen LogP contribution in [-0.2, 0) is 0 Å². The predicted octanol–water partition coefficient (Wildman–Crippen LogP) is 9.98. The molecule has 2 aliphatic carbocycles. The fourth-order valence-electron chi connectivity index (χ4n) is 6.64. The molecule has 0 aromatic rings. The number of allylic oxidation sites excluding steroid dienone is 7. The topological polar surface area (TPSA) is 0 Å². The second-order valence-electron chi connectivity index (χ2n) is 11.7. The number of rotatable bonds is 9. The van der Waals surface area contributed by atoms with Crippen molar-refractivity contribution >= 4 is 0 Å². The zero-order valence-electron chi connectivity index (χ0n) is 21.4. The van der Waals surface area contributed by atoms with E-state index in [1.165, 1.54) is 81.8 Å². The van der Waals surface area contributed by atoms with Crippen molar-refractivity contribution < 1.29 is 0 Å². The minimum absolute atomic E-state index is 0.476. The summed E-state index contributed by atoms with van der Waals surface area (Å²) in [6.07, 6.45) is 21.5. The second-order valence-corrected chi connectivity index (χ2v) is 11.7. The summed E-state index contributed by atoms with van der Waals surface area (Å²) < 4.78 is 0. The number of hydrogen-bond donors (Lipinski definition) is 0. The maximum Gasteiger partial charge on any atom is -0.0146 e. The molecule has 2 aliphatic rings. The lowest BCUT2D eigenvalue weighted by molar-refractivity contribution is -0.0537. The van der Waals surface area contributed by atoms with Crippen molar-refractivity contribution in [3.8, 4) is 0 Å². The monoisotopic (exact) mass is 410 g/mol.